The molecule has 1 N–H and O–H groups in total. The number of hydrogen-bond donors (Lipinski definition) is 1. The lowest BCUT2D eigenvalue weighted by molar-refractivity contribution is -0.122. The lowest BCUT2D eigenvalue weighted by Crippen LogP contribution is -2.31. The van der Waals surface area contributed by atoms with Crippen molar-refractivity contribution in [3.63, 3.8) is 0 Å². The number of alkyl halides is 1. The third-order valence-corrected chi connectivity index (χ3v) is 4.59. The zero-order valence-corrected chi connectivity index (χ0v) is 13.7. The van der Waals surface area contributed by atoms with Gasteiger partial charge >= 0.3 is 0 Å². The van der Waals surface area contributed by atoms with Gasteiger partial charge in [-0.2, -0.15) is 0 Å². The SMILES string of the molecule is CCCC(CCBr)CNC(=O)C1CC1c1ccccc1. The monoisotopic (exact) mass is 337 g/mol. The van der Waals surface area contributed by atoms with E-state index in [0.29, 0.717) is 11.8 Å². The summed E-state index contributed by atoms with van der Waals surface area (Å²) in [6.07, 6.45) is 4.52. The lowest BCUT2D eigenvalue weighted by atomic mass is 10.0. The average molecular weight is 338 g/mol. The predicted molar refractivity (Wildman–Crippen MR) is 87.1 cm³/mol. The molecule has 3 atom stereocenters. The van der Waals surface area contributed by atoms with Gasteiger partial charge in [0.05, 0.1) is 0 Å². The Kier molecular flexibility index (Phi) is 6.08. The molecule has 3 unspecified atom stereocenters. The van der Waals surface area contributed by atoms with Crippen LogP contribution < -0.4 is 5.32 Å². The van der Waals surface area contributed by atoms with Crippen LogP contribution in [0, 0.1) is 11.8 Å². The number of halogens is 1. The van der Waals surface area contributed by atoms with Gasteiger partial charge in [0.2, 0.25) is 5.91 Å². The van der Waals surface area contributed by atoms with Crippen molar-refractivity contribution in [2.45, 2.75) is 38.5 Å². The van der Waals surface area contributed by atoms with Crippen molar-refractivity contribution < 1.29 is 4.79 Å². The van der Waals surface area contributed by atoms with Gasteiger partial charge in [0, 0.05) is 17.8 Å². The predicted octanol–water partition coefficient (Wildman–Crippen LogP) is 4.11. The molecule has 3 heteroatoms. The molecule has 0 spiro atoms. The molecule has 20 heavy (non-hydrogen) atoms. The molecular weight excluding hydrogens is 314 g/mol. The highest BCUT2D eigenvalue weighted by Gasteiger charge is 2.43. The van der Waals surface area contributed by atoms with Crippen LogP contribution in [0.3, 0.4) is 0 Å². The Bertz CT molecular complexity index is 414. The number of amides is 1. The summed E-state index contributed by atoms with van der Waals surface area (Å²) in [4.78, 5) is 12.2. The Morgan fingerprint density at radius 2 is 2.10 bits per heavy atom. The van der Waals surface area contributed by atoms with Crippen LogP contribution in [0.4, 0.5) is 0 Å². The summed E-state index contributed by atoms with van der Waals surface area (Å²) in [6, 6.07) is 10.4. The van der Waals surface area contributed by atoms with E-state index in [1.54, 1.807) is 0 Å². The van der Waals surface area contributed by atoms with Crippen molar-refractivity contribution in [3.05, 3.63) is 35.9 Å². The third kappa shape index (κ3) is 4.34. The van der Waals surface area contributed by atoms with E-state index >= 15 is 0 Å². The largest absolute Gasteiger partial charge is 0.356 e. The summed E-state index contributed by atoms with van der Waals surface area (Å²) in [5.74, 6) is 1.49. The summed E-state index contributed by atoms with van der Waals surface area (Å²) >= 11 is 3.50. The first-order valence-electron chi connectivity index (χ1n) is 7.64. The normalized spacial score (nSPS) is 22.3. The molecule has 1 aromatic rings. The zero-order chi connectivity index (χ0) is 14.4. The topological polar surface area (TPSA) is 29.1 Å². The number of carbonyl (C=O) groups excluding carboxylic acids is 1. The average Bonchev–Trinajstić information content (AvgIpc) is 3.26. The van der Waals surface area contributed by atoms with E-state index in [0.717, 1.165) is 24.7 Å². The molecule has 0 aliphatic heterocycles. The molecule has 1 fully saturated rings. The Labute approximate surface area is 130 Å². The van der Waals surface area contributed by atoms with Gasteiger partial charge in [-0.1, -0.05) is 59.6 Å². The van der Waals surface area contributed by atoms with Crippen LogP contribution in [0.25, 0.3) is 0 Å². The van der Waals surface area contributed by atoms with Crippen LogP contribution in [-0.2, 0) is 4.79 Å². The fourth-order valence-electron chi connectivity index (χ4n) is 2.84. The smallest absolute Gasteiger partial charge is 0.223 e. The maximum atomic E-state index is 12.2. The zero-order valence-electron chi connectivity index (χ0n) is 12.1. The number of benzene rings is 1. The van der Waals surface area contributed by atoms with E-state index in [1.807, 2.05) is 6.07 Å². The lowest BCUT2D eigenvalue weighted by Gasteiger charge is -2.15. The summed E-state index contributed by atoms with van der Waals surface area (Å²) in [5.41, 5.74) is 1.30. The van der Waals surface area contributed by atoms with Gasteiger partial charge in [0.1, 0.15) is 0 Å². The molecule has 0 heterocycles. The Morgan fingerprint density at radius 3 is 2.75 bits per heavy atom. The van der Waals surface area contributed by atoms with E-state index < -0.39 is 0 Å². The Hall–Kier alpha value is -0.830. The molecule has 1 aromatic carbocycles. The van der Waals surface area contributed by atoms with Crippen LogP contribution in [0.1, 0.15) is 44.1 Å². The molecule has 1 amide bonds. The molecule has 0 saturated heterocycles. The second kappa shape index (κ2) is 7.82. The number of nitrogens with one attached hydrogen (secondary N) is 1. The van der Waals surface area contributed by atoms with Gasteiger partial charge in [-0.3, -0.25) is 4.79 Å². The summed E-state index contributed by atoms with van der Waals surface area (Å²) in [7, 11) is 0. The minimum Gasteiger partial charge on any atom is -0.356 e. The van der Waals surface area contributed by atoms with Crippen molar-refractivity contribution in [2.24, 2.45) is 11.8 Å². The van der Waals surface area contributed by atoms with Gasteiger partial charge in [-0.15, -0.1) is 0 Å². The molecule has 0 radical (unpaired) electrons. The number of hydrogen-bond acceptors (Lipinski definition) is 1. The molecule has 1 aliphatic carbocycles. The first-order valence-corrected chi connectivity index (χ1v) is 8.77. The third-order valence-electron chi connectivity index (χ3n) is 4.13. The highest BCUT2D eigenvalue weighted by Crippen LogP contribution is 2.47. The van der Waals surface area contributed by atoms with Crippen LogP contribution in [0.15, 0.2) is 30.3 Å². The molecule has 1 aliphatic rings. The van der Waals surface area contributed by atoms with Crippen LogP contribution in [-0.4, -0.2) is 17.8 Å². The molecule has 2 rings (SSSR count). The van der Waals surface area contributed by atoms with Crippen molar-refractivity contribution in [3.8, 4) is 0 Å². The maximum Gasteiger partial charge on any atom is 0.223 e. The van der Waals surface area contributed by atoms with Crippen molar-refractivity contribution in [1.82, 2.24) is 5.32 Å². The summed E-state index contributed by atoms with van der Waals surface area (Å²) in [6.45, 7) is 3.03. The highest BCUT2D eigenvalue weighted by molar-refractivity contribution is 9.09. The fraction of sp³-hybridized carbons (Fsp3) is 0.588. The summed E-state index contributed by atoms with van der Waals surface area (Å²) < 4.78 is 0. The van der Waals surface area contributed by atoms with Crippen molar-refractivity contribution in [1.29, 1.82) is 0 Å². The van der Waals surface area contributed by atoms with Gasteiger partial charge in [-0.05, 0) is 36.7 Å². The van der Waals surface area contributed by atoms with Crippen LogP contribution in [0.2, 0.25) is 0 Å². The molecule has 1 saturated carbocycles. The van der Waals surface area contributed by atoms with Crippen molar-refractivity contribution in [2.75, 3.05) is 11.9 Å². The maximum absolute atomic E-state index is 12.2. The minimum absolute atomic E-state index is 0.198. The van der Waals surface area contributed by atoms with E-state index in [1.165, 1.54) is 18.4 Å². The molecule has 0 aromatic heterocycles. The first-order chi connectivity index (χ1) is 9.76. The van der Waals surface area contributed by atoms with Crippen LogP contribution in [0.5, 0.6) is 0 Å². The fourth-order valence-corrected chi connectivity index (χ4v) is 3.49. The Morgan fingerprint density at radius 1 is 1.35 bits per heavy atom. The van der Waals surface area contributed by atoms with Crippen molar-refractivity contribution >= 4 is 21.8 Å². The van der Waals surface area contributed by atoms with E-state index in [2.05, 4.69) is 52.4 Å². The first kappa shape index (κ1) is 15.6. The molecule has 2 nitrogen and oxygen atoms in total. The number of rotatable bonds is 8. The molecular formula is C17H24BrNO. The van der Waals surface area contributed by atoms with Gasteiger partial charge in [-0.25, -0.2) is 0 Å². The summed E-state index contributed by atoms with van der Waals surface area (Å²) in [5, 5.41) is 4.17. The minimum atomic E-state index is 0.198. The van der Waals surface area contributed by atoms with E-state index in [-0.39, 0.29) is 11.8 Å². The second-order valence-electron chi connectivity index (χ2n) is 5.74. The van der Waals surface area contributed by atoms with Gasteiger partial charge in [0.25, 0.3) is 0 Å². The second-order valence-corrected chi connectivity index (χ2v) is 6.53. The van der Waals surface area contributed by atoms with Gasteiger partial charge in [0.15, 0.2) is 0 Å². The standard InChI is InChI=1S/C17H24BrNO/c1-2-6-13(9-10-18)12-19-17(20)16-11-15(16)14-7-4-3-5-8-14/h3-5,7-8,13,15-16H,2,6,9-12H2,1H3,(H,19,20). The molecule has 110 valence electrons. The van der Waals surface area contributed by atoms with Crippen LogP contribution >= 0.6 is 15.9 Å². The van der Waals surface area contributed by atoms with E-state index in [4.69, 9.17) is 0 Å². The Balaban J connectivity index is 1.76. The quantitative estimate of drug-likeness (QED) is 0.710. The van der Waals surface area contributed by atoms with Gasteiger partial charge < -0.3 is 5.32 Å². The highest BCUT2D eigenvalue weighted by atomic mass is 79.9. The van der Waals surface area contributed by atoms with E-state index in [9.17, 15) is 4.79 Å². The number of carbonyl (C=O) groups is 1. The molecule has 0 bridgehead atoms.